The monoisotopic (exact) mass is 659 g/mol. The molecule has 1 saturated heterocycles. The molecule has 3 heterocycles. The number of halogens is 6. The molecule has 0 N–H and O–H groups in total. The third kappa shape index (κ3) is 5.88. The molecule has 2 aliphatic rings. The molecule has 1 atom stereocenters. The topological polar surface area (TPSA) is 37.7 Å². The number of methoxy groups -OCH3 is 1. The highest BCUT2D eigenvalue weighted by Gasteiger charge is 2.36. The van der Waals surface area contributed by atoms with Gasteiger partial charge in [-0.2, -0.15) is 13.2 Å². The average molecular weight is 660 g/mol. The summed E-state index contributed by atoms with van der Waals surface area (Å²) in [4.78, 5) is 18.1. The summed E-state index contributed by atoms with van der Waals surface area (Å²) in [7, 11) is 1.32. The van der Waals surface area contributed by atoms with Gasteiger partial charge < -0.3 is 9.64 Å². The molecular formula is C34H31F6N3O2S. The van der Waals surface area contributed by atoms with Crippen molar-refractivity contribution in [3.63, 3.8) is 0 Å². The zero-order chi connectivity index (χ0) is 32.7. The van der Waals surface area contributed by atoms with Gasteiger partial charge in [0.05, 0.1) is 29.3 Å². The van der Waals surface area contributed by atoms with Crippen molar-refractivity contribution in [1.29, 1.82) is 0 Å². The molecule has 6 rings (SSSR count). The van der Waals surface area contributed by atoms with Crippen molar-refractivity contribution in [1.82, 2.24) is 9.47 Å². The van der Waals surface area contributed by atoms with Crippen LogP contribution >= 0.6 is 11.8 Å². The summed E-state index contributed by atoms with van der Waals surface area (Å²) in [5.74, 6) is -1.71. The fourth-order valence-corrected chi connectivity index (χ4v) is 7.80. The molecule has 242 valence electrons. The lowest BCUT2D eigenvalue weighted by molar-refractivity contribution is -0.137. The van der Waals surface area contributed by atoms with Gasteiger partial charge in [-0.05, 0) is 48.4 Å². The molecule has 2 aliphatic heterocycles. The van der Waals surface area contributed by atoms with Crippen molar-refractivity contribution in [2.45, 2.75) is 30.6 Å². The maximum absolute atomic E-state index is 15.6. The number of benzene rings is 3. The number of para-hydroxylation sites is 1. The molecule has 0 bridgehead atoms. The van der Waals surface area contributed by atoms with Crippen LogP contribution in [0.1, 0.15) is 28.3 Å². The van der Waals surface area contributed by atoms with Crippen molar-refractivity contribution in [2.24, 2.45) is 0 Å². The fraction of sp³-hybridized carbons (Fsp3) is 0.324. The van der Waals surface area contributed by atoms with Gasteiger partial charge in [0.25, 0.3) is 5.56 Å². The van der Waals surface area contributed by atoms with E-state index >= 15 is 4.39 Å². The molecule has 5 nitrogen and oxygen atoms in total. The number of rotatable bonds is 7. The first-order valence-electron chi connectivity index (χ1n) is 14.8. The minimum atomic E-state index is -4.47. The van der Waals surface area contributed by atoms with Crippen LogP contribution in [0.2, 0.25) is 0 Å². The summed E-state index contributed by atoms with van der Waals surface area (Å²) in [5.41, 5.74) is -0.0414. The van der Waals surface area contributed by atoms with E-state index in [1.54, 1.807) is 28.5 Å². The number of pyridine rings is 1. The highest BCUT2D eigenvalue weighted by molar-refractivity contribution is 7.99. The van der Waals surface area contributed by atoms with Crippen LogP contribution in [0.15, 0.2) is 70.5 Å². The highest BCUT2D eigenvalue weighted by Crippen LogP contribution is 2.42. The summed E-state index contributed by atoms with van der Waals surface area (Å²) < 4.78 is 93.0. The lowest BCUT2D eigenvalue weighted by Gasteiger charge is -2.38. The molecule has 1 aromatic heterocycles. The van der Waals surface area contributed by atoms with Gasteiger partial charge in [-0.1, -0.05) is 30.3 Å². The van der Waals surface area contributed by atoms with E-state index in [1.807, 2.05) is 0 Å². The van der Waals surface area contributed by atoms with Crippen LogP contribution < -0.4 is 15.2 Å². The normalized spacial score (nSPS) is 17.0. The SMILES string of the molecule is COc1cccc(-c2c(C)c(Cc3c(F)cccc3F)c3n(c2=O)C(CN2CCN(c4ccccc4C(F)(F)F)CC2)CS3)c1F. The minimum absolute atomic E-state index is 0.0278. The number of hydrogen-bond acceptors (Lipinski definition) is 5. The second kappa shape index (κ2) is 12.7. The molecule has 1 fully saturated rings. The Morgan fingerprint density at radius 2 is 1.57 bits per heavy atom. The number of anilines is 1. The molecule has 3 aromatic carbocycles. The first-order chi connectivity index (χ1) is 22.0. The van der Waals surface area contributed by atoms with Crippen molar-refractivity contribution < 1.29 is 31.1 Å². The molecule has 1 unspecified atom stereocenters. The standard InChI is InChI=1S/C34H31F6N3O2S/c1-20-23(17-24-26(35)9-6-10-27(24)36)33-43(32(44)30(20)22-7-5-12-29(45-2)31(22)37)21(19-46-33)18-41-13-15-42(16-14-41)28-11-4-3-8-25(28)34(38,39)40/h3-12,21H,13-19H2,1-2H3. The van der Waals surface area contributed by atoms with E-state index in [2.05, 4.69) is 4.90 Å². The Kier molecular flexibility index (Phi) is 8.86. The van der Waals surface area contributed by atoms with E-state index in [9.17, 15) is 26.7 Å². The maximum Gasteiger partial charge on any atom is 0.418 e. The maximum atomic E-state index is 15.6. The Labute approximate surface area is 266 Å². The van der Waals surface area contributed by atoms with Crippen molar-refractivity contribution in [3.8, 4) is 16.9 Å². The van der Waals surface area contributed by atoms with Gasteiger partial charge in [-0.3, -0.25) is 14.3 Å². The molecule has 12 heteroatoms. The highest BCUT2D eigenvalue weighted by atomic mass is 32.2. The number of alkyl halides is 3. The number of ether oxygens (including phenoxy) is 1. The first-order valence-corrected chi connectivity index (χ1v) is 15.8. The average Bonchev–Trinajstić information content (AvgIpc) is 3.45. The van der Waals surface area contributed by atoms with Gasteiger partial charge >= 0.3 is 6.18 Å². The van der Waals surface area contributed by atoms with Gasteiger partial charge in [0.1, 0.15) is 11.6 Å². The molecule has 0 radical (unpaired) electrons. The minimum Gasteiger partial charge on any atom is -0.494 e. The van der Waals surface area contributed by atoms with Crippen LogP contribution in [-0.4, -0.2) is 55.1 Å². The van der Waals surface area contributed by atoms with Gasteiger partial charge in [0.15, 0.2) is 11.6 Å². The van der Waals surface area contributed by atoms with Crippen LogP contribution in [0, 0.1) is 24.4 Å². The van der Waals surface area contributed by atoms with E-state index in [-0.39, 0.29) is 40.6 Å². The van der Waals surface area contributed by atoms with Crippen LogP contribution in [-0.2, 0) is 12.6 Å². The summed E-state index contributed by atoms with van der Waals surface area (Å²) in [6.07, 6.45) is -4.61. The number of aromatic nitrogens is 1. The van der Waals surface area contributed by atoms with Gasteiger partial charge in [0, 0.05) is 61.7 Å². The van der Waals surface area contributed by atoms with E-state index in [0.717, 1.165) is 6.07 Å². The van der Waals surface area contributed by atoms with Gasteiger partial charge in [-0.25, -0.2) is 13.2 Å². The molecule has 0 spiro atoms. The summed E-state index contributed by atoms with van der Waals surface area (Å²) in [6.45, 7) is 3.74. The number of thioether (sulfide) groups is 1. The lowest BCUT2D eigenvalue weighted by Crippen LogP contribution is -2.49. The predicted molar refractivity (Wildman–Crippen MR) is 166 cm³/mol. The molecule has 0 amide bonds. The third-order valence-corrected chi connectivity index (χ3v) is 10.0. The van der Waals surface area contributed by atoms with Crippen molar-refractivity contribution in [3.05, 3.63) is 111 Å². The number of piperazine rings is 1. The number of hydrogen-bond donors (Lipinski definition) is 0. The molecule has 0 saturated carbocycles. The first kappa shape index (κ1) is 32.1. The summed E-state index contributed by atoms with van der Waals surface area (Å²) >= 11 is 1.41. The van der Waals surface area contributed by atoms with Crippen molar-refractivity contribution >= 4 is 17.4 Å². The summed E-state index contributed by atoms with van der Waals surface area (Å²) in [6, 6.07) is 13.3. The van der Waals surface area contributed by atoms with E-state index in [0.29, 0.717) is 54.6 Å². The van der Waals surface area contributed by atoms with E-state index < -0.39 is 34.8 Å². The second-order valence-corrected chi connectivity index (χ2v) is 12.4. The zero-order valence-electron chi connectivity index (χ0n) is 25.1. The van der Waals surface area contributed by atoms with Gasteiger partial charge in [-0.15, -0.1) is 11.8 Å². The van der Waals surface area contributed by atoms with E-state index in [4.69, 9.17) is 4.74 Å². The van der Waals surface area contributed by atoms with Crippen LogP contribution in [0.3, 0.4) is 0 Å². The smallest absolute Gasteiger partial charge is 0.418 e. The molecule has 0 aliphatic carbocycles. The fourth-order valence-electron chi connectivity index (χ4n) is 6.43. The van der Waals surface area contributed by atoms with Crippen LogP contribution in [0.4, 0.5) is 32.0 Å². The molecule has 46 heavy (non-hydrogen) atoms. The largest absolute Gasteiger partial charge is 0.494 e. The van der Waals surface area contributed by atoms with Crippen molar-refractivity contribution in [2.75, 3.05) is 50.5 Å². The third-order valence-electron chi connectivity index (χ3n) is 8.77. The Morgan fingerprint density at radius 3 is 2.24 bits per heavy atom. The zero-order valence-corrected chi connectivity index (χ0v) is 26.0. The Bertz CT molecular complexity index is 1820. The van der Waals surface area contributed by atoms with Gasteiger partial charge in [0.2, 0.25) is 0 Å². The van der Waals surface area contributed by atoms with Crippen LogP contribution in [0.25, 0.3) is 11.1 Å². The quantitative estimate of drug-likeness (QED) is 0.194. The molecule has 4 aromatic rings. The van der Waals surface area contributed by atoms with E-state index in [1.165, 1.54) is 61.3 Å². The Hall–Kier alpha value is -3.90. The molecular weight excluding hydrogens is 628 g/mol. The Balaban J connectivity index is 1.35. The number of fused-ring (bicyclic) bond motifs is 1. The number of nitrogens with zero attached hydrogens (tertiary/aromatic N) is 3. The summed E-state index contributed by atoms with van der Waals surface area (Å²) in [5, 5.41) is 0.569. The second-order valence-electron chi connectivity index (χ2n) is 11.4. The Morgan fingerprint density at radius 1 is 0.891 bits per heavy atom. The predicted octanol–water partition coefficient (Wildman–Crippen LogP) is 7.33. The lowest BCUT2D eigenvalue weighted by atomic mass is 9.94. The van der Waals surface area contributed by atoms with Crippen LogP contribution in [0.5, 0.6) is 5.75 Å².